The van der Waals surface area contributed by atoms with Crippen molar-refractivity contribution in [1.82, 2.24) is 0 Å². The topological polar surface area (TPSA) is 72.2 Å². The van der Waals surface area contributed by atoms with Crippen molar-refractivity contribution in [3.8, 4) is 11.8 Å². The van der Waals surface area contributed by atoms with Crippen LogP contribution in [0, 0.1) is 17.8 Å². The molecule has 0 unspecified atom stereocenters. The Labute approximate surface area is 125 Å². The Morgan fingerprint density at radius 1 is 1.40 bits per heavy atom. The summed E-state index contributed by atoms with van der Waals surface area (Å²) in [5, 5.41) is 0.449. The quantitative estimate of drug-likeness (QED) is 0.820. The molecule has 0 fully saturated rings. The van der Waals surface area contributed by atoms with Crippen LogP contribution < -0.4 is 10.5 Å². The van der Waals surface area contributed by atoms with E-state index in [1.807, 2.05) is 13.8 Å². The summed E-state index contributed by atoms with van der Waals surface area (Å²) in [6, 6.07) is 4.88. The normalized spacial score (nSPS) is 11.1. The van der Waals surface area contributed by atoms with Crippen LogP contribution in [0.15, 0.2) is 18.2 Å². The molecule has 0 aliphatic rings. The molecule has 4 nitrogen and oxygen atoms in total. The molecule has 1 aromatic carbocycles. The lowest BCUT2D eigenvalue weighted by atomic mass is 10.2. The summed E-state index contributed by atoms with van der Waals surface area (Å²) >= 11 is 5.90. The SMILES string of the molecule is CC(C)CCS(=O)(=O)Nc1cc(Cl)ccc1C#CCN. The molecule has 1 rings (SSSR count). The molecule has 0 radical (unpaired) electrons. The molecule has 20 heavy (non-hydrogen) atoms. The van der Waals surface area contributed by atoms with Gasteiger partial charge < -0.3 is 5.73 Å². The summed E-state index contributed by atoms with van der Waals surface area (Å²) in [5.41, 5.74) is 6.28. The Bertz CT molecular complexity index is 616. The van der Waals surface area contributed by atoms with E-state index in [2.05, 4.69) is 16.6 Å². The van der Waals surface area contributed by atoms with Gasteiger partial charge in [0.25, 0.3) is 0 Å². The minimum Gasteiger partial charge on any atom is -0.320 e. The Hall–Kier alpha value is -1.22. The molecule has 0 heterocycles. The van der Waals surface area contributed by atoms with E-state index >= 15 is 0 Å². The van der Waals surface area contributed by atoms with Gasteiger partial charge in [-0.15, -0.1) is 0 Å². The second-order valence-electron chi connectivity index (χ2n) is 4.80. The first-order chi connectivity index (χ1) is 9.34. The zero-order valence-corrected chi connectivity index (χ0v) is 13.2. The van der Waals surface area contributed by atoms with Gasteiger partial charge in [0.05, 0.1) is 18.0 Å². The zero-order chi connectivity index (χ0) is 15.2. The fraction of sp³-hybridized carbons (Fsp3) is 0.429. The lowest BCUT2D eigenvalue weighted by Crippen LogP contribution is -2.18. The van der Waals surface area contributed by atoms with E-state index in [9.17, 15) is 8.42 Å². The third-order valence-corrected chi connectivity index (χ3v) is 4.08. The molecule has 0 saturated carbocycles. The van der Waals surface area contributed by atoms with Crippen molar-refractivity contribution in [2.24, 2.45) is 11.7 Å². The number of sulfonamides is 1. The number of hydrogen-bond donors (Lipinski definition) is 2. The number of rotatable bonds is 5. The molecule has 0 saturated heterocycles. The maximum atomic E-state index is 12.0. The standard InChI is InChI=1S/C14H19ClN2O2S/c1-11(2)7-9-20(18,19)17-14-10-13(15)6-5-12(14)4-3-8-16/h5-6,10-11,17H,7-9,16H2,1-2H3. The van der Waals surface area contributed by atoms with E-state index in [4.69, 9.17) is 17.3 Å². The summed E-state index contributed by atoms with van der Waals surface area (Å²) in [6.07, 6.45) is 0.597. The number of nitrogens with two attached hydrogens (primary N) is 1. The van der Waals surface area contributed by atoms with E-state index in [1.54, 1.807) is 18.2 Å². The van der Waals surface area contributed by atoms with Crippen LogP contribution >= 0.6 is 11.6 Å². The summed E-state index contributed by atoms with van der Waals surface area (Å²) < 4.78 is 26.6. The highest BCUT2D eigenvalue weighted by Gasteiger charge is 2.13. The molecule has 0 aliphatic heterocycles. The predicted molar refractivity (Wildman–Crippen MR) is 84.2 cm³/mol. The Balaban J connectivity index is 2.98. The van der Waals surface area contributed by atoms with Crippen molar-refractivity contribution in [1.29, 1.82) is 0 Å². The van der Waals surface area contributed by atoms with E-state index < -0.39 is 10.0 Å². The molecule has 0 amide bonds. The molecule has 0 spiro atoms. The molecular weight excluding hydrogens is 296 g/mol. The first-order valence-electron chi connectivity index (χ1n) is 6.33. The van der Waals surface area contributed by atoms with Crippen molar-refractivity contribution in [2.75, 3.05) is 17.0 Å². The van der Waals surface area contributed by atoms with Crippen LogP contribution in [0.5, 0.6) is 0 Å². The second-order valence-corrected chi connectivity index (χ2v) is 7.08. The third-order valence-electron chi connectivity index (χ3n) is 2.54. The number of halogens is 1. The van der Waals surface area contributed by atoms with Crippen molar-refractivity contribution in [3.63, 3.8) is 0 Å². The minimum atomic E-state index is -3.40. The Kier molecular flexibility index (Phi) is 6.34. The van der Waals surface area contributed by atoms with Crippen LogP contribution in [0.25, 0.3) is 0 Å². The van der Waals surface area contributed by atoms with Gasteiger partial charge in [-0.2, -0.15) is 0 Å². The first-order valence-corrected chi connectivity index (χ1v) is 8.36. The van der Waals surface area contributed by atoms with Gasteiger partial charge in [0.2, 0.25) is 10.0 Å². The fourth-order valence-electron chi connectivity index (χ4n) is 1.47. The number of benzene rings is 1. The highest BCUT2D eigenvalue weighted by Crippen LogP contribution is 2.22. The molecule has 0 aromatic heterocycles. The average Bonchev–Trinajstić information content (AvgIpc) is 2.35. The summed E-state index contributed by atoms with van der Waals surface area (Å²) in [5.74, 6) is 5.92. The van der Waals surface area contributed by atoms with E-state index in [0.29, 0.717) is 28.6 Å². The van der Waals surface area contributed by atoms with Crippen LogP contribution in [0.1, 0.15) is 25.8 Å². The fourth-order valence-corrected chi connectivity index (χ4v) is 3.03. The number of hydrogen-bond acceptors (Lipinski definition) is 3. The minimum absolute atomic E-state index is 0.0704. The molecule has 0 bridgehead atoms. The monoisotopic (exact) mass is 314 g/mol. The number of nitrogens with one attached hydrogen (secondary N) is 1. The van der Waals surface area contributed by atoms with Crippen molar-refractivity contribution in [3.05, 3.63) is 28.8 Å². The molecule has 6 heteroatoms. The van der Waals surface area contributed by atoms with Gasteiger partial charge in [0, 0.05) is 10.6 Å². The largest absolute Gasteiger partial charge is 0.320 e. The van der Waals surface area contributed by atoms with Gasteiger partial charge in [0.1, 0.15) is 0 Å². The third kappa shape index (κ3) is 5.83. The summed E-state index contributed by atoms with van der Waals surface area (Å²) in [4.78, 5) is 0. The molecule has 1 aromatic rings. The molecular formula is C14H19ClN2O2S. The maximum Gasteiger partial charge on any atom is 0.232 e. The van der Waals surface area contributed by atoms with E-state index in [1.165, 1.54) is 0 Å². The Morgan fingerprint density at radius 3 is 2.70 bits per heavy atom. The molecule has 3 N–H and O–H groups in total. The molecule has 110 valence electrons. The lowest BCUT2D eigenvalue weighted by Gasteiger charge is -2.11. The van der Waals surface area contributed by atoms with Crippen LogP contribution in [-0.2, 0) is 10.0 Å². The van der Waals surface area contributed by atoms with Gasteiger partial charge in [-0.25, -0.2) is 8.42 Å². The van der Waals surface area contributed by atoms with Crippen LogP contribution in [0.3, 0.4) is 0 Å². The van der Waals surface area contributed by atoms with Gasteiger partial charge in [0.15, 0.2) is 0 Å². The van der Waals surface area contributed by atoms with Crippen LogP contribution in [0.4, 0.5) is 5.69 Å². The van der Waals surface area contributed by atoms with Crippen molar-refractivity contribution >= 4 is 27.3 Å². The smallest absolute Gasteiger partial charge is 0.232 e. The highest BCUT2D eigenvalue weighted by atomic mass is 35.5. The maximum absolute atomic E-state index is 12.0. The van der Waals surface area contributed by atoms with E-state index in [-0.39, 0.29) is 12.3 Å². The summed E-state index contributed by atoms with van der Waals surface area (Å²) in [7, 11) is -3.40. The van der Waals surface area contributed by atoms with Gasteiger partial charge in [-0.1, -0.05) is 37.3 Å². The van der Waals surface area contributed by atoms with Gasteiger partial charge in [-0.3, -0.25) is 4.72 Å². The number of anilines is 1. The van der Waals surface area contributed by atoms with Gasteiger partial charge >= 0.3 is 0 Å². The zero-order valence-electron chi connectivity index (χ0n) is 11.6. The molecule has 0 aliphatic carbocycles. The molecule has 0 atom stereocenters. The summed E-state index contributed by atoms with van der Waals surface area (Å²) in [6.45, 7) is 4.17. The second kappa shape index (κ2) is 7.53. The average molecular weight is 315 g/mol. The van der Waals surface area contributed by atoms with Crippen molar-refractivity contribution in [2.45, 2.75) is 20.3 Å². The first kappa shape index (κ1) is 16.8. The van der Waals surface area contributed by atoms with E-state index in [0.717, 1.165) is 0 Å². The van der Waals surface area contributed by atoms with Crippen LogP contribution in [0.2, 0.25) is 5.02 Å². The lowest BCUT2D eigenvalue weighted by molar-refractivity contribution is 0.578. The Morgan fingerprint density at radius 2 is 2.10 bits per heavy atom. The van der Waals surface area contributed by atoms with Gasteiger partial charge in [-0.05, 0) is 30.5 Å². The van der Waals surface area contributed by atoms with Crippen LogP contribution in [-0.4, -0.2) is 20.7 Å². The highest BCUT2D eigenvalue weighted by molar-refractivity contribution is 7.92. The predicted octanol–water partition coefficient (Wildman–Crippen LogP) is 2.44. The van der Waals surface area contributed by atoms with Crippen molar-refractivity contribution < 1.29 is 8.42 Å².